The minimum absolute atomic E-state index is 0.0704. The van der Waals surface area contributed by atoms with E-state index in [0.717, 1.165) is 62.4 Å². The molecule has 39 heavy (non-hydrogen) atoms. The largest absolute Gasteiger partial charge is 0.378 e. The number of nitrogens with zero attached hydrogens (tertiary/aromatic N) is 1. The molecule has 2 aliphatic rings. The lowest BCUT2D eigenvalue weighted by atomic mass is 9.71. The van der Waals surface area contributed by atoms with E-state index in [1.807, 2.05) is 6.92 Å². The van der Waals surface area contributed by atoms with Gasteiger partial charge in [-0.3, -0.25) is 9.59 Å². The number of Topliss-reactive ketones (excluding diaryl/α,β-unsaturated/α-hetero) is 2. The van der Waals surface area contributed by atoms with Gasteiger partial charge in [-0.2, -0.15) is 0 Å². The summed E-state index contributed by atoms with van der Waals surface area (Å²) in [5.41, 5.74) is 2.77. The number of anilines is 1. The Morgan fingerprint density at radius 1 is 1.05 bits per heavy atom. The van der Waals surface area contributed by atoms with Crippen LogP contribution in [0.3, 0.4) is 0 Å². The number of carbonyl (C=O) groups excluding carboxylic acids is 2. The number of hydrogen-bond donors (Lipinski definition) is 0. The van der Waals surface area contributed by atoms with Crippen LogP contribution in [0.15, 0.2) is 71.2 Å². The molecule has 4 nitrogen and oxygen atoms in total. The summed E-state index contributed by atoms with van der Waals surface area (Å²) >= 11 is 13.9. The third kappa shape index (κ3) is 7.58. The SMILES string of the molecule is CCCC(=O)C(Sc1cc(Cl)ccc1Cl)C(=O)CC(C)(C1=CCCCC=C1)c1ccc(N2CCOCC2)cc1. The van der Waals surface area contributed by atoms with Crippen molar-refractivity contribution in [2.45, 2.75) is 67.9 Å². The summed E-state index contributed by atoms with van der Waals surface area (Å²) in [5.74, 6) is -0.160. The van der Waals surface area contributed by atoms with Crippen molar-refractivity contribution in [1.82, 2.24) is 0 Å². The molecule has 0 amide bonds. The first-order valence-corrected chi connectivity index (χ1v) is 15.4. The van der Waals surface area contributed by atoms with Crippen molar-refractivity contribution in [3.05, 3.63) is 81.9 Å². The second-order valence-corrected chi connectivity index (χ2v) is 12.4. The van der Waals surface area contributed by atoms with E-state index in [1.54, 1.807) is 18.2 Å². The highest BCUT2D eigenvalue weighted by molar-refractivity contribution is 8.01. The van der Waals surface area contributed by atoms with E-state index in [-0.39, 0.29) is 18.0 Å². The molecule has 208 valence electrons. The van der Waals surface area contributed by atoms with E-state index in [2.05, 4.69) is 54.3 Å². The Morgan fingerprint density at radius 3 is 2.51 bits per heavy atom. The second kappa shape index (κ2) is 14.0. The highest BCUT2D eigenvalue weighted by atomic mass is 35.5. The molecule has 1 aliphatic heterocycles. The lowest BCUT2D eigenvalue weighted by Crippen LogP contribution is -2.36. The van der Waals surface area contributed by atoms with Crippen LogP contribution >= 0.6 is 35.0 Å². The number of halogens is 2. The molecule has 1 aliphatic carbocycles. The zero-order valence-electron chi connectivity index (χ0n) is 22.8. The van der Waals surface area contributed by atoms with Crippen LogP contribution in [0, 0.1) is 0 Å². The van der Waals surface area contributed by atoms with E-state index in [9.17, 15) is 9.59 Å². The van der Waals surface area contributed by atoms with Crippen molar-refractivity contribution in [3.63, 3.8) is 0 Å². The van der Waals surface area contributed by atoms with Gasteiger partial charge in [0.25, 0.3) is 0 Å². The third-order valence-electron chi connectivity index (χ3n) is 7.50. The highest BCUT2D eigenvalue weighted by Crippen LogP contribution is 2.41. The Morgan fingerprint density at radius 2 is 1.79 bits per heavy atom. The number of morpholine rings is 1. The third-order valence-corrected chi connectivity index (χ3v) is 9.53. The highest BCUT2D eigenvalue weighted by Gasteiger charge is 2.37. The quantitative estimate of drug-likeness (QED) is 0.196. The van der Waals surface area contributed by atoms with Crippen molar-refractivity contribution in [3.8, 4) is 0 Å². The fourth-order valence-corrected chi connectivity index (χ4v) is 6.82. The molecule has 2 unspecified atom stereocenters. The Kier molecular flexibility index (Phi) is 10.8. The summed E-state index contributed by atoms with van der Waals surface area (Å²) in [6.45, 7) is 7.29. The summed E-state index contributed by atoms with van der Waals surface area (Å²) in [5, 5.41) is 0.167. The molecule has 1 fully saturated rings. The first-order chi connectivity index (χ1) is 18.8. The van der Waals surface area contributed by atoms with E-state index >= 15 is 0 Å². The number of rotatable bonds is 11. The number of allylic oxidation sites excluding steroid dienone is 4. The van der Waals surface area contributed by atoms with Gasteiger partial charge >= 0.3 is 0 Å². The molecule has 7 heteroatoms. The van der Waals surface area contributed by atoms with Crippen molar-refractivity contribution in [1.29, 1.82) is 0 Å². The summed E-state index contributed by atoms with van der Waals surface area (Å²) in [7, 11) is 0. The van der Waals surface area contributed by atoms with Crippen LogP contribution in [0.4, 0.5) is 5.69 Å². The first kappa shape index (κ1) is 29.9. The predicted molar refractivity (Wildman–Crippen MR) is 164 cm³/mol. The number of ether oxygens (including phenoxy) is 1. The van der Waals surface area contributed by atoms with Gasteiger partial charge in [0.05, 0.1) is 18.2 Å². The Bertz CT molecular complexity index is 1220. The van der Waals surface area contributed by atoms with Crippen LogP contribution in [-0.2, 0) is 19.7 Å². The Hall–Kier alpha value is -2.05. The van der Waals surface area contributed by atoms with E-state index in [0.29, 0.717) is 27.8 Å². The number of ketones is 2. The summed E-state index contributed by atoms with van der Waals surface area (Å²) in [6, 6.07) is 13.7. The number of hydrogen-bond acceptors (Lipinski definition) is 5. The smallest absolute Gasteiger partial charge is 0.154 e. The zero-order valence-corrected chi connectivity index (χ0v) is 25.1. The molecule has 0 aromatic heterocycles. The van der Waals surface area contributed by atoms with Crippen LogP contribution < -0.4 is 4.90 Å². The lowest BCUT2D eigenvalue weighted by Gasteiger charge is -2.34. The number of carbonyl (C=O) groups is 2. The van der Waals surface area contributed by atoms with Crippen LogP contribution in [0.25, 0.3) is 0 Å². The van der Waals surface area contributed by atoms with Crippen LogP contribution in [0.2, 0.25) is 10.0 Å². The summed E-state index contributed by atoms with van der Waals surface area (Å²) in [6.07, 6.45) is 10.9. The maximum atomic E-state index is 14.1. The molecule has 0 bridgehead atoms. The van der Waals surface area contributed by atoms with Crippen molar-refractivity contribution < 1.29 is 14.3 Å². The standard InChI is InChI=1S/C32H37Cl2NO3S/c1-3-8-28(36)31(39-30-21-25(33)13-16-27(30)34)29(37)22-32(2,23-9-6-4-5-7-10-23)24-11-14-26(15-12-24)35-17-19-38-20-18-35/h6,9-16,21,31H,3-5,7-8,17-20,22H2,1-2H3. The molecular weight excluding hydrogens is 549 g/mol. The average molecular weight is 587 g/mol. The molecule has 4 rings (SSSR count). The van der Waals surface area contributed by atoms with Crippen LogP contribution in [0.1, 0.15) is 57.9 Å². The van der Waals surface area contributed by atoms with E-state index in [4.69, 9.17) is 27.9 Å². The molecule has 0 N–H and O–H groups in total. The molecule has 2 atom stereocenters. The molecule has 0 saturated carbocycles. The fraction of sp³-hybridized carbons (Fsp3) is 0.438. The summed E-state index contributed by atoms with van der Waals surface area (Å²) < 4.78 is 5.51. The molecular formula is C32H37Cl2NO3S. The monoisotopic (exact) mass is 585 g/mol. The average Bonchev–Trinajstić information content (AvgIpc) is 3.24. The van der Waals surface area contributed by atoms with Crippen molar-refractivity contribution >= 4 is 52.2 Å². The molecule has 1 saturated heterocycles. The predicted octanol–water partition coefficient (Wildman–Crippen LogP) is 8.24. The van der Waals surface area contributed by atoms with Crippen LogP contribution in [-0.4, -0.2) is 43.1 Å². The topological polar surface area (TPSA) is 46.6 Å². The van der Waals surface area contributed by atoms with Crippen LogP contribution in [0.5, 0.6) is 0 Å². The van der Waals surface area contributed by atoms with Gasteiger partial charge in [0, 0.05) is 47.0 Å². The number of thioether (sulfide) groups is 1. The molecule has 2 aromatic rings. The molecule has 0 spiro atoms. The normalized spacial score (nSPS) is 18.2. The fourth-order valence-electron chi connectivity index (χ4n) is 5.24. The maximum Gasteiger partial charge on any atom is 0.154 e. The Labute approximate surface area is 246 Å². The Balaban J connectivity index is 1.67. The summed E-state index contributed by atoms with van der Waals surface area (Å²) in [4.78, 5) is 30.4. The van der Waals surface area contributed by atoms with Gasteiger partial charge in [0.2, 0.25) is 0 Å². The van der Waals surface area contributed by atoms with Gasteiger partial charge in [0.15, 0.2) is 11.6 Å². The zero-order chi connectivity index (χ0) is 27.8. The maximum absolute atomic E-state index is 14.1. The van der Waals surface area contributed by atoms with Gasteiger partial charge in [0.1, 0.15) is 5.25 Å². The van der Waals surface area contributed by atoms with Crippen molar-refractivity contribution in [2.75, 3.05) is 31.2 Å². The van der Waals surface area contributed by atoms with Crippen molar-refractivity contribution in [2.24, 2.45) is 0 Å². The molecule has 0 radical (unpaired) electrons. The van der Waals surface area contributed by atoms with Gasteiger partial charge in [-0.05, 0) is 67.2 Å². The first-order valence-electron chi connectivity index (χ1n) is 13.8. The minimum Gasteiger partial charge on any atom is -0.378 e. The van der Waals surface area contributed by atoms with Gasteiger partial charge in [-0.25, -0.2) is 0 Å². The van der Waals surface area contributed by atoms with Gasteiger partial charge in [-0.15, -0.1) is 11.8 Å². The molecule has 1 heterocycles. The van der Waals surface area contributed by atoms with Gasteiger partial charge < -0.3 is 9.64 Å². The molecule has 2 aromatic carbocycles. The van der Waals surface area contributed by atoms with E-state index < -0.39 is 10.7 Å². The van der Waals surface area contributed by atoms with E-state index in [1.165, 1.54) is 11.8 Å². The minimum atomic E-state index is -0.844. The number of benzene rings is 2. The lowest BCUT2D eigenvalue weighted by molar-refractivity contribution is -0.126. The second-order valence-electron chi connectivity index (χ2n) is 10.4. The van der Waals surface area contributed by atoms with Gasteiger partial charge in [-0.1, -0.05) is 67.4 Å².